The zero-order valence-electron chi connectivity index (χ0n) is 17.1. The zero-order chi connectivity index (χ0) is 21.7. The van der Waals surface area contributed by atoms with Crippen LogP contribution >= 0.6 is 23.2 Å². The SMILES string of the molecule is CCCOc1ccc(NC(=O)C2(c3ccc(Cl)cc3Cl)CCCC2)cc1C(=O)OC. The molecule has 3 rings (SSSR count). The maximum Gasteiger partial charge on any atom is 0.341 e. The lowest BCUT2D eigenvalue weighted by molar-refractivity contribution is -0.121. The number of esters is 1. The average molecular weight is 450 g/mol. The molecule has 0 saturated heterocycles. The summed E-state index contributed by atoms with van der Waals surface area (Å²) in [6, 6.07) is 10.2. The number of ether oxygens (including phenoxy) is 2. The Kier molecular flexibility index (Phi) is 7.27. The van der Waals surface area contributed by atoms with Gasteiger partial charge in [0.1, 0.15) is 11.3 Å². The topological polar surface area (TPSA) is 64.6 Å². The molecule has 2 aromatic rings. The highest BCUT2D eigenvalue weighted by atomic mass is 35.5. The Bertz CT molecular complexity index is 939. The van der Waals surface area contributed by atoms with E-state index in [1.807, 2.05) is 13.0 Å². The van der Waals surface area contributed by atoms with Crippen LogP contribution in [-0.2, 0) is 14.9 Å². The van der Waals surface area contributed by atoms with Crippen LogP contribution in [-0.4, -0.2) is 25.6 Å². The number of anilines is 1. The van der Waals surface area contributed by atoms with Crippen molar-refractivity contribution >= 4 is 40.8 Å². The van der Waals surface area contributed by atoms with Crippen LogP contribution in [0.3, 0.4) is 0 Å². The van der Waals surface area contributed by atoms with Crippen LogP contribution in [0.15, 0.2) is 36.4 Å². The lowest BCUT2D eigenvalue weighted by atomic mass is 9.78. The van der Waals surface area contributed by atoms with Gasteiger partial charge in [0, 0.05) is 15.7 Å². The highest BCUT2D eigenvalue weighted by molar-refractivity contribution is 6.35. The number of rotatable bonds is 7. The Morgan fingerprint density at radius 2 is 1.83 bits per heavy atom. The van der Waals surface area contributed by atoms with Gasteiger partial charge < -0.3 is 14.8 Å². The van der Waals surface area contributed by atoms with Crippen molar-refractivity contribution in [1.82, 2.24) is 0 Å². The van der Waals surface area contributed by atoms with E-state index in [1.165, 1.54) is 7.11 Å². The molecule has 0 aromatic heterocycles. The smallest absolute Gasteiger partial charge is 0.341 e. The summed E-state index contributed by atoms with van der Waals surface area (Å²) in [4.78, 5) is 25.6. The monoisotopic (exact) mass is 449 g/mol. The van der Waals surface area contributed by atoms with Crippen molar-refractivity contribution in [3.05, 3.63) is 57.6 Å². The summed E-state index contributed by atoms with van der Waals surface area (Å²) in [6.45, 7) is 2.46. The van der Waals surface area contributed by atoms with Crippen LogP contribution in [0.1, 0.15) is 54.9 Å². The minimum absolute atomic E-state index is 0.151. The normalized spacial score (nSPS) is 14.9. The summed E-state index contributed by atoms with van der Waals surface area (Å²) in [7, 11) is 1.31. The van der Waals surface area contributed by atoms with Crippen molar-refractivity contribution in [1.29, 1.82) is 0 Å². The first-order valence-electron chi connectivity index (χ1n) is 10.0. The van der Waals surface area contributed by atoms with Gasteiger partial charge in [0.05, 0.1) is 19.1 Å². The molecule has 1 aliphatic carbocycles. The number of hydrogen-bond donors (Lipinski definition) is 1. The van der Waals surface area contributed by atoms with Crippen molar-refractivity contribution in [2.45, 2.75) is 44.4 Å². The standard InChI is InChI=1S/C23H25Cl2NO4/c1-3-12-30-20-9-7-16(14-17(20)21(27)29-2)26-22(28)23(10-4-5-11-23)18-8-6-15(24)13-19(18)25/h6-9,13-14H,3-5,10-12H2,1-2H3,(H,26,28). The van der Waals surface area contributed by atoms with Gasteiger partial charge in [-0.15, -0.1) is 0 Å². The van der Waals surface area contributed by atoms with E-state index in [0.29, 0.717) is 40.9 Å². The van der Waals surface area contributed by atoms with Gasteiger partial charge in [0.15, 0.2) is 0 Å². The summed E-state index contributed by atoms with van der Waals surface area (Å²) in [5, 5.41) is 3.99. The van der Waals surface area contributed by atoms with E-state index in [-0.39, 0.29) is 11.5 Å². The molecule has 1 N–H and O–H groups in total. The number of carbonyl (C=O) groups excluding carboxylic acids is 2. The predicted molar refractivity (Wildman–Crippen MR) is 119 cm³/mol. The summed E-state index contributed by atoms with van der Waals surface area (Å²) in [5.41, 5.74) is 0.818. The van der Waals surface area contributed by atoms with Crippen molar-refractivity contribution < 1.29 is 19.1 Å². The maximum absolute atomic E-state index is 13.4. The van der Waals surface area contributed by atoms with Gasteiger partial charge in [-0.2, -0.15) is 0 Å². The number of nitrogens with one attached hydrogen (secondary N) is 1. The van der Waals surface area contributed by atoms with Crippen LogP contribution < -0.4 is 10.1 Å². The molecule has 30 heavy (non-hydrogen) atoms. The molecule has 1 amide bonds. The van der Waals surface area contributed by atoms with Gasteiger partial charge in [-0.05, 0) is 55.2 Å². The molecule has 0 aliphatic heterocycles. The second kappa shape index (κ2) is 9.71. The summed E-state index contributed by atoms with van der Waals surface area (Å²) < 4.78 is 10.5. The predicted octanol–water partition coefficient (Wildman–Crippen LogP) is 6.02. The van der Waals surface area contributed by atoms with E-state index in [0.717, 1.165) is 24.8 Å². The lowest BCUT2D eigenvalue weighted by Gasteiger charge is -2.29. The fraction of sp³-hybridized carbons (Fsp3) is 0.391. The summed E-state index contributed by atoms with van der Waals surface area (Å²) in [6.07, 6.45) is 4.07. The highest BCUT2D eigenvalue weighted by Gasteiger charge is 2.44. The number of amides is 1. The molecule has 5 nitrogen and oxygen atoms in total. The fourth-order valence-corrected chi connectivity index (χ4v) is 4.53. The molecule has 0 atom stereocenters. The number of methoxy groups -OCH3 is 1. The molecule has 1 aliphatic rings. The minimum Gasteiger partial charge on any atom is -0.493 e. The number of halogens is 2. The average Bonchev–Trinajstić information content (AvgIpc) is 3.23. The minimum atomic E-state index is -0.732. The van der Waals surface area contributed by atoms with E-state index in [9.17, 15) is 9.59 Å². The third kappa shape index (κ3) is 4.57. The quantitative estimate of drug-likeness (QED) is 0.524. The molecule has 2 aromatic carbocycles. The van der Waals surface area contributed by atoms with E-state index in [1.54, 1.807) is 30.3 Å². The van der Waals surface area contributed by atoms with Crippen molar-refractivity contribution in [2.24, 2.45) is 0 Å². The molecule has 0 spiro atoms. The van der Waals surface area contributed by atoms with E-state index < -0.39 is 11.4 Å². The molecule has 160 valence electrons. The van der Waals surface area contributed by atoms with Crippen molar-refractivity contribution in [2.75, 3.05) is 19.0 Å². The fourth-order valence-electron chi connectivity index (χ4n) is 3.94. The number of carbonyl (C=O) groups is 2. The van der Waals surface area contributed by atoms with E-state index in [4.69, 9.17) is 32.7 Å². The number of hydrogen-bond acceptors (Lipinski definition) is 4. The van der Waals surface area contributed by atoms with Crippen molar-refractivity contribution in [3.8, 4) is 5.75 Å². The second-order valence-electron chi connectivity index (χ2n) is 7.42. The van der Waals surface area contributed by atoms with Crippen LogP contribution in [0.5, 0.6) is 5.75 Å². The summed E-state index contributed by atoms with van der Waals surface area (Å²) >= 11 is 12.5. The molecule has 1 fully saturated rings. The molecule has 0 unspecified atom stereocenters. The largest absolute Gasteiger partial charge is 0.493 e. The van der Waals surface area contributed by atoms with Gasteiger partial charge in [0.25, 0.3) is 0 Å². The Labute approximate surface area is 186 Å². The maximum atomic E-state index is 13.4. The van der Waals surface area contributed by atoms with Crippen molar-refractivity contribution in [3.63, 3.8) is 0 Å². The van der Waals surface area contributed by atoms with Gasteiger partial charge in [-0.25, -0.2) is 4.79 Å². The van der Waals surface area contributed by atoms with Gasteiger partial charge in [-0.1, -0.05) is 49.0 Å². The molecular weight excluding hydrogens is 425 g/mol. The first-order chi connectivity index (χ1) is 14.4. The molecule has 1 saturated carbocycles. The van der Waals surface area contributed by atoms with Crippen LogP contribution in [0, 0.1) is 0 Å². The third-order valence-electron chi connectivity index (χ3n) is 5.44. The lowest BCUT2D eigenvalue weighted by Crippen LogP contribution is -2.38. The highest BCUT2D eigenvalue weighted by Crippen LogP contribution is 2.45. The van der Waals surface area contributed by atoms with Crippen LogP contribution in [0.2, 0.25) is 10.0 Å². The molecule has 7 heteroatoms. The third-order valence-corrected chi connectivity index (χ3v) is 5.99. The second-order valence-corrected chi connectivity index (χ2v) is 8.26. The van der Waals surface area contributed by atoms with Gasteiger partial charge >= 0.3 is 5.97 Å². The van der Waals surface area contributed by atoms with Crippen LogP contribution in [0.4, 0.5) is 5.69 Å². The van der Waals surface area contributed by atoms with E-state index >= 15 is 0 Å². The van der Waals surface area contributed by atoms with Gasteiger partial charge in [-0.3, -0.25) is 4.79 Å². The molecule has 0 radical (unpaired) electrons. The van der Waals surface area contributed by atoms with Crippen LogP contribution in [0.25, 0.3) is 0 Å². The molecule has 0 bridgehead atoms. The molecule has 0 heterocycles. The Balaban J connectivity index is 1.92. The zero-order valence-corrected chi connectivity index (χ0v) is 18.6. The molecular formula is C23H25Cl2NO4. The Morgan fingerprint density at radius 3 is 2.47 bits per heavy atom. The summed E-state index contributed by atoms with van der Waals surface area (Å²) in [5.74, 6) is -0.242. The van der Waals surface area contributed by atoms with E-state index in [2.05, 4.69) is 5.32 Å². The van der Waals surface area contributed by atoms with Gasteiger partial charge in [0.2, 0.25) is 5.91 Å². The number of benzene rings is 2. The Morgan fingerprint density at radius 1 is 1.10 bits per heavy atom. The Hall–Kier alpha value is -2.24. The first kappa shape index (κ1) is 22.4. The first-order valence-corrected chi connectivity index (χ1v) is 10.8.